The first-order chi connectivity index (χ1) is 7.60. The van der Waals surface area contributed by atoms with Gasteiger partial charge < -0.3 is 4.74 Å². The van der Waals surface area contributed by atoms with Crippen molar-refractivity contribution < 1.29 is 18.3 Å². The highest BCUT2D eigenvalue weighted by molar-refractivity contribution is 7.98. The average molecular weight is 246 g/mol. The summed E-state index contributed by atoms with van der Waals surface area (Å²) >= 11 is 1.50. The van der Waals surface area contributed by atoms with Gasteiger partial charge in [0.1, 0.15) is 5.82 Å². The van der Waals surface area contributed by atoms with Crippen LogP contribution in [0.5, 0.6) is 5.75 Å². The van der Waals surface area contributed by atoms with Crippen LogP contribution in [0.3, 0.4) is 0 Å². The van der Waals surface area contributed by atoms with E-state index in [-0.39, 0.29) is 23.5 Å². The summed E-state index contributed by atoms with van der Waals surface area (Å²) < 4.78 is 31.0. The van der Waals surface area contributed by atoms with Crippen molar-refractivity contribution in [2.45, 2.75) is 6.42 Å². The van der Waals surface area contributed by atoms with E-state index in [0.717, 1.165) is 6.07 Å². The van der Waals surface area contributed by atoms with E-state index >= 15 is 0 Å². The van der Waals surface area contributed by atoms with Crippen molar-refractivity contribution in [3.05, 3.63) is 29.3 Å². The van der Waals surface area contributed by atoms with E-state index < -0.39 is 11.6 Å². The fraction of sp³-hybridized carbons (Fsp3) is 0.364. The van der Waals surface area contributed by atoms with Crippen molar-refractivity contribution in [1.29, 1.82) is 0 Å². The second-order valence-corrected chi connectivity index (χ2v) is 4.12. The molecule has 0 amide bonds. The van der Waals surface area contributed by atoms with Gasteiger partial charge in [-0.15, -0.1) is 0 Å². The van der Waals surface area contributed by atoms with E-state index in [0.29, 0.717) is 11.8 Å². The number of ketones is 1. The van der Waals surface area contributed by atoms with Crippen LogP contribution in [0.2, 0.25) is 0 Å². The van der Waals surface area contributed by atoms with Gasteiger partial charge in [-0.2, -0.15) is 11.8 Å². The SMILES string of the molecule is COc1c(F)cc(F)cc1C(=O)CCSC. The highest BCUT2D eigenvalue weighted by Crippen LogP contribution is 2.25. The van der Waals surface area contributed by atoms with Crippen LogP contribution in [-0.2, 0) is 0 Å². The van der Waals surface area contributed by atoms with Gasteiger partial charge in [0, 0.05) is 18.2 Å². The molecule has 0 aliphatic carbocycles. The Hall–Kier alpha value is -1.10. The number of hydrogen-bond acceptors (Lipinski definition) is 3. The summed E-state index contributed by atoms with van der Waals surface area (Å²) in [5.41, 5.74) is -0.0333. The molecule has 0 N–H and O–H groups in total. The molecule has 88 valence electrons. The zero-order valence-electron chi connectivity index (χ0n) is 9.05. The Morgan fingerprint density at radius 2 is 2.12 bits per heavy atom. The van der Waals surface area contributed by atoms with Gasteiger partial charge in [-0.25, -0.2) is 8.78 Å². The summed E-state index contributed by atoms with van der Waals surface area (Å²) in [5, 5.41) is 0. The smallest absolute Gasteiger partial charge is 0.168 e. The van der Waals surface area contributed by atoms with Gasteiger partial charge >= 0.3 is 0 Å². The van der Waals surface area contributed by atoms with E-state index in [2.05, 4.69) is 0 Å². The summed E-state index contributed by atoms with van der Waals surface area (Å²) in [6.45, 7) is 0. The van der Waals surface area contributed by atoms with Gasteiger partial charge in [0.15, 0.2) is 17.3 Å². The van der Waals surface area contributed by atoms with Crippen LogP contribution in [0.4, 0.5) is 8.78 Å². The first-order valence-corrected chi connectivity index (χ1v) is 6.04. The molecule has 0 saturated heterocycles. The Bertz CT molecular complexity index is 394. The maximum Gasteiger partial charge on any atom is 0.168 e. The maximum absolute atomic E-state index is 13.3. The number of rotatable bonds is 5. The van der Waals surface area contributed by atoms with Crippen LogP contribution in [0.1, 0.15) is 16.8 Å². The monoisotopic (exact) mass is 246 g/mol. The standard InChI is InChI=1S/C11H12F2O2S/c1-15-11-8(10(14)3-4-16-2)5-7(12)6-9(11)13/h5-6H,3-4H2,1-2H3. The minimum Gasteiger partial charge on any atom is -0.493 e. The second kappa shape index (κ2) is 5.84. The third-order valence-corrected chi connectivity index (χ3v) is 2.66. The molecule has 0 bridgehead atoms. The zero-order valence-corrected chi connectivity index (χ0v) is 9.87. The van der Waals surface area contributed by atoms with Crippen molar-refractivity contribution >= 4 is 17.5 Å². The molecule has 5 heteroatoms. The molecule has 0 radical (unpaired) electrons. The second-order valence-electron chi connectivity index (χ2n) is 3.13. The predicted octanol–water partition coefficient (Wildman–Crippen LogP) is 2.91. The van der Waals surface area contributed by atoms with E-state index in [1.54, 1.807) is 0 Å². The largest absolute Gasteiger partial charge is 0.493 e. The van der Waals surface area contributed by atoms with Gasteiger partial charge in [0.25, 0.3) is 0 Å². The van der Waals surface area contributed by atoms with Crippen molar-refractivity contribution in [3.63, 3.8) is 0 Å². The van der Waals surface area contributed by atoms with Crippen LogP contribution in [0.15, 0.2) is 12.1 Å². The molecule has 2 nitrogen and oxygen atoms in total. The van der Waals surface area contributed by atoms with Crippen LogP contribution < -0.4 is 4.74 Å². The van der Waals surface area contributed by atoms with Gasteiger partial charge in [-0.05, 0) is 12.3 Å². The topological polar surface area (TPSA) is 26.3 Å². The average Bonchev–Trinajstić information content (AvgIpc) is 2.24. The van der Waals surface area contributed by atoms with Crippen LogP contribution in [0.25, 0.3) is 0 Å². The molecule has 0 fully saturated rings. The highest BCUT2D eigenvalue weighted by Gasteiger charge is 2.17. The minimum atomic E-state index is -0.852. The van der Waals surface area contributed by atoms with Gasteiger partial charge in [0.2, 0.25) is 0 Å². The molecule has 0 aliphatic rings. The van der Waals surface area contributed by atoms with Gasteiger partial charge in [-0.1, -0.05) is 0 Å². The Balaban J connectivity index is 3.05. The predicted molar refractivity (Wildman–Crippen MR) is 60.2 cm³/mol. The number of hydrogen-bond donors (Lipinski definition) is 0. The molecule has 0 saturated carbocycles. The molecule has 0 spiro atoms. The Labute approximate surface area is 97.0 Å². The summed E-state index contributed by atoms with van der Waals surface area (Å²) in [7, 11) is 1.25. The molecule has 1 aromatic rings. The quantitative estimate of drug-likeness (QED) is 0.747. The molecule has 1 rings (SSSR count). The Morgan fingerprint density at radius 3 is 2.69 bits per heavy atom. The molecule has 0 atom stereocenters. The van der Waals surface area contributed by atoms with Gasteiger partial charge in [0.05, 0.1) is 12.7 Å². The molecule has 0 heterocycles. The van der Waals surface area contributed by atoms with E-state index in [1.165, 1.54) is 18.9 Å². The minimum absolute atomic E-state index is 0.0333. The molecular weight excluding hydrogens is 234 g/mol. The summed E-state index contributed by atoms with van der Waals surface area (Å²) in [6.07, 6.45) is 2.09. The Morgan fingerprint density at radius 1 is 1.44 bits per heavy atom. The maximum atomic E-state index is 13.3. The van der Waals surface area contributed by atoms with E-state index in [9.17, 15) is 13.6 Å². The highest BCUT2D eigenvalue weighted by atomic mass is 32.2. The summed E-state index contributed by atoms with van der Waals surface area (Å²) in [5.74, 6) is -1.52. The number of benzene rings is 1. The van der Waals surface area contributed by atoms with Crippen LogP contribution in [0, 0.1) is 11.6 Å². The first-order valence-electron chi connectivity index (χ1n) is 4.65. The molecule has 0 aromatic heterocycles. The van der Waals surface area contributed by atoms with Crippen molar-refractivity contribution in [3.8, 4) is 5.75 Å². The fourth-order valence-electron chi connectivity index (χ4n) is 1.30. The third kappa shape index (κ3) is 2.95. The van der Waals surface area contributed by atoms with E-state index in [4.69, 9.17) is 4.74 Å². The molecule has 16 heavy (non-hydrogen) atoms. The van der Waals surface area contributed by atoms with Crippen molar-refractivity contribution in [2.75, 3.05) is 19.1 Å². The molecular formula is C11H12F2O2S. The normalized spacial score (nSPS) is 10.2. The summed E-state index contributed by atoms with van der Waals surface area (Å²) in [6, 6.07) is 1.70. The lowest BCUT2D eigenvalue weighted by Crippen LogP contribution is -2.06. The van der Waals surface area contributed by atoms with Crippen LogP contribution >= 0.6 is 11.8 Å². The Kier molecular flexibility index (Phi) is 4.73. The number of methoxy groups -OCH3 is 1. The third-order valence-electron chi connectivity index (χ3n) is 2.05. The number of carbonyl (C=O) groups is 1. The van der Waals surface area contributed by atoms with Crippen molar-refractivity contribution in [1.82, 2.24) is 0 Å². The molecule has 0 unspecified atom stereocenters. The number of halogens is 2. The van der Waals surface area contributed by atoms with Crippen molar-refractivity contribution in [2.24, 2.45) is 0 Å². The lowest BCUT2D eigenvalue weighted by Gasteiger charge is -2.08. The van der Waals surface area contributed by atoms with Crippen LogP contribution in [-0.4, -0.2) is 24.9 Å². The lowest BCUT2D eigenvalue weighted by molar-refractivity contribution is 0.0985. The number of carbonyl (C=O) groups excluding carboxylic acids is 1. The zero-order chi connectivity index (χ0) is 12.1. The first kappa shape index (κ1) is 13.0. The lowest BCUT2D eigenvalue weighted by atomic mass is 10.1. The number of thioether (sulfide) groups is 1. The summed E-state index contributed by atoms with van der Waals surface area (Å²) in [4.78, 5) is 11.7. The number of Topliss-reactive ketones (excluding diaryl/α,β-unsaturated/α-hetero) is 1. The number of ether oxygens (including phenoxy) is 1. The van der Waals surface area contributed by atoms with Gasteiger partial charge in [-0.3, -0.25) is 4.79 Å². The molecule has 1 aromatic carbocycles. The van der Waals surface area contributed by atoms with E-state index in [1.807, 2.05) is 6.26 Å². The molecule has 0 aliphatic heterocycles. The fourth-order valence-corrected chi connectivity index (χ4v) is 1.69.